The van der Waals surface area contributed by atoms with Gasteiger partial charge in [0.2, 0.25) is 0 Å². The number of rotatable bonds is 1. The quantitative estimate of drug-likeness (QED) is 0.443. The van der Waals surface area contributed by atoms with E-state index in [2.05, 4.69) is 15.9 Å². The van der Waals surface area contributed by atoms with Crippen LogP contribution in [0.4, 0.5) is 8.78 Å². The lowest BCUT2D eigenvalue weighted by atomic mass is 10.0. The van der Waals surface area contributed by atoms with Gasteiger partial charge in [-0.15, -0.1) is 0 Å². The predicted molar refractivity (Wildman–Crippen MR) is 76.9 cm³/mol. The molecule has 0 heterocycles. The molecule has 88 valence electrons. The zero-order chi connectivity index (χ0) is 12.6. The Labute approximate surface area is 120 Å². The molecule has 0 fully saturated rings. The van der Waals surface area contributed by atoms with Crippen molar-refractivity contribution in [1.82, 2.24) is 0 Å². The molecule has 0 saturated heterocycles. The van der Waals surface area contributed by atoms with Crippen molar-refractivity contribution in [2.45, 2.75) is 6.92 Å². The van der Waals surface area contributed by atoms with Crippen molar-refractivity contribution in [3.05, 3.63) is 55.6 Å². The minimum absolute atomic E-state index is 0.288. The molecule has 0 amide bonds. The molecule has 0 aliphatic rings. The third-order valence-electron chi connectivity index (χ3n) is 2.52. The molecule has 0 aromatic heterocycles. The molecule has 0 atom stereocenters. The van der Waals surface area contributed by atoms with E-state index in [9.17, 15) is 8.78 Å². The van der Waals surface area contributed by atoms with E-state index >= 15 is 0 Å². The molecule has 4 heteroatoms. The smallest absolute Gasteiger partial charge is 0.172 e. The summed E-state index contributed by atoms with van der Waals surface area (Å²) in [6, 6.07) is 8.72. The molecule has 0 unspecified atom stereocenters. The van der Waals surface area contributed by atoms with Crippen LogP contribution in [0.25, 0.3) is 11.1 Å². The van der Waals surface area contributed by atoms with E-state index in [0.717, 1.165) is 10.0 Å². The fourth-order valence-electron chi connectivity index (χ4n) is 1.62. The molecule has 0 saturated carbocycles. The number of hydrogen-bond acceptors (Lipinski definition) is 0. The molecule has 0 bridgehead atoms. The number of hydrogen-bond donors (Lipinski definition) is 0. The van der Waals surface area contributed by atoms with E-state index in [1.807, 2.05) is 19.1 Å². The molecule has 0 N–H and O–H groups in total. The average Bonchev–Trinajstić information content (AvgIpc) is 2.30. The summed E-state index contributed by atoms with van der Waals surface area (Å²) in [7, 11) is 0. The van der Waals surface area contributed by atoms with E-state index in [1.165, 1.54) is 0 Å². The van der Waals surface area contributed by atoms with Gasteiger partial charge in [-0.05, 0) is 58.8 Å². The maximum absolute atomic E-state index is 13.9. The third-order valence-corrected chi connectivity index (χ3v) is 3.85. The molecule has 0 aliphatic carbocycles. The molecular weight excluding hydrogens is 401 g/mol. The van der Waals surface area contributed by atoms with E-state index in [1.54, 1.807) is 40.8 Å². The number of halogens is 4. The zero-order valence-corrected chi connectivity index (χ0v) is 12.6. The minimum atomic E-state index is -0.793. The fraction of sp³-hybridized carbons (Fsp3) is 0.0769. The minimum Gasteiger partial charge on any atom is -0.203 e. The van der Waals surface area contributed by atoms with Gasteiger partial charge in [-0.25, -0.2) is 8.78 Å². The van der Waals surface area contributed by atoms with Crippen molar-refractivity contribution in [2.24, 2.45) is 0 Å². The summed E-state index contributed by atoms with van der Waals surface area (Å²) in [5.41, 5.74) is 1.90. The summed E-state index contributed by atoms with van der Waals surface area (Å²) < 4.78 is 28.5. The molecule has 2 rings (SSSR count). The SMILES string of the molecule is Cc1ccc(Br)cc1-c1ccc(I)c(F)c1F. The second kappa shape index (κ2) is 5.02. The van der Waals surface area contributed by atoms with Crippen LogP contribution in [-0.2, 0) is 0 Å². The molecule has 2 aromatic carbocycles. The normalized spacial score (nSPS) is 10.6. The molecule has 0 nitrogen and oxygen atoms in total. The van der Waals surface area contributed by atoms with Crippen LogP contribution >= 0.6 is 38.5 Å². The molecule has 0 aliphatic heterocycles. The Kier molecular flexibility index (Phi) is 3.82. The lowest BCUT2D eigenvalue weighted by Crippen LogP contribution is -1.94. The largest absolute Gasteiger partial charge is 0.203 e. The maximum Gasteiger partial charge on any atom is 0.172 e. The van der Waals surface area contributed by atoms with Gasteiger partial charge in [0.25, 0.3) is 0 Å². The van der Waals surface area contributed by atoms with Crippen LogP contribution in [0.15, 0.2) is 34.8 Å². The fourth-order valence-corrected chi connectivity index (χ4v) is 2.40. The van der Waals surface area contributed by atoms with E-state index in [0.29, 0.717) is 11.1 Å². The Morgan fingerprint density at radius 3 is 2.41 bits per heavy atom. The monoisotopic (exact) mass is 408 g/mol. The highest BCUT2D eigenvalue weighted by Crippen LogP contribution is 2.31. The van der Waals surface area contributed by atoms with Crippen molar-refractivity contribution in [2.75, 3.05) is 0 Å². The van der Waals surface area contributed by atoms with Crippen LogP contribution in [0.5, 0.6) is 0 Å². The first kappa shape index (κ1) is 13.0. The Bertz CT molecular complexity index is 582. The van der Waals surface area contributed by atoms with Crippen LogP contribution in [0, 0.1) is 22.1 Å². The highest BCUT2D eigenvalue weighted by atomic mass is 127. The Morgan fingerprint density at radius 1 is 1.00 bits per heavy atom. The highest BCUT2D eigenvalue weighted by molar-refractivity contribution is 14.1. The summed E-state index contributed by atoms with van der Waals surface area (Å²) in [5.74, 6) is -1.58. The van der Waals surface area contributed by atoms with Crippen molar-refractivity contribution in [3.8, 4) is 11.1 Å². The van der Waals surface area contributed by atoms with Gasteiger partial charge < -0.3 is 0 Å². The Morgan fingerprint density at radius 2 is 1.71 bits per heavy atom. The van der Waals surface area contributed by atoms with Crippen LogP contribution in [-0.4, -0.2) is 0 Å². The Balaban J connectivity index is 2.69. The van der Waals surface area contributed by atoms with Crippen molar-refractivity contribution in [3.63, 3.8) is 0 Å². The molecule has 2 aromatic rings. The first-order valence-electron chi connectivity index (χ1n) is 4.90. The van der Waals surface area contributed by atoms with Gasteiger partial charge in [-0.2, -0.15) is 0 Å². The second-order valence-electron chi connectivity index (χ2n) is 3.68. The van der Waals surface area contributed by atoms with Gasteiger partial charge in [-0.1, -0.05) is 28.1 Å². The first-order chi connectivity index (χ1) is 8.00. The summed E-state index contributed by atoms with van der Waals surface area (Å²) in [5, 5.41) is 0. The second-order valence-corrected chi connectivity index (χ2v) is 5.76. The topological polar surface area (TPSA) is 0 Å². The van der Waals surface area contributed by atoms with Crippen molar-refractivity contribution < 1.29 is 8.78 Å². The summed E-state index contributed by atoms with van der Waals surface area (Å²) in [6.07, 6.45) is 0. The van der Waals surface area contributed by atoms with Crippen LogP contribution in [0.1, 0.15) is 5.56 Å². The molecule has 0 spiro atoms. The lowest BCUT2D eigenvalue weighted by Gasteiger charge is -2.09. The summed E-state index contributed by atoms with van der Waals surface area (Å²) in [6.45, 7) is 1.87. The van der Waals surface area contributed by atoms with Crippen LogP contribution < -0.4 is 0 Å². The van der Waals surface area contributed by atoms with Gasteiger partial charge in [-0.3, -0.25) is 0 Å². The predicted octanol–water partition coefficient (Wildman–Crippen LogP) is 5.31. The van der Waals surface area contributed by atoms with Crippen LogP contribution in [0.3, 0.4) is 0 Å². The summed E-state index contributed by atoms with van der Waals surface area (Å²) >= 11 is 5.11. The van der Waals surface area contributed by atoms with Crippen molar-refractivity contribution >= 4 is 38.5 Å². The lowest BCUT2D eigenvalue weighted by molar-refractivity contribution is 0.506. The first-order valence-corrected chi connectivity index (χ1v) is 6.78. The van der Waals surface area contributed by atoms with Gasteiger partial charge in [0.1, 0.15) is 0 Å². The van der Waals surface area contributed by atoms with Gasteiger partial charge in [0.05, 0.1) is 3.57 Å². The highest BCUT2D eigenvalue weighted by Gasteiger charge is 2.14. The molecule has 0 radical (unpaired) electrons. The van der Waals surface area contributed by atoms with Crippen molar-refractivity contribution in [1.29, 1.82) is 0 Å². The third kappa shape index (κ3) is 2.52. The van der Waals surface area contributed by atoms with Gasteiger partial charge in [0, 0.05) is 10.0 Å². The zero-order valence-electron chi connectivity index (χ0n) is 8.90. The van der Waals surface area contributed by atoms with Gasteiger partial charge >= 0.3 is 0 Å². The molecule has 17 heavy (non-hydrogen) atoms. The van der Waals surface area contributed by atoms with Gasteiger partial charge in [0.15, 0.2) is 11.6 Å². The Hall–Kier alpha value is -0.490. The average molecular weight is 409 g/mol. The number of aryl methyl sites for hydroxylation is 1. The summed E-state index contributed by atoms with van der Waals surface area (Å²) in [4.78, 5) is 0. The van der Waals surface area contributed by atoms with E-state index in [-0.39, 0.29) is 3.57 Å². The van der Waals surface area contributed by atoms with E-state index < -0.39 is 11.6 Å². The standard InChI is InChI=1S/C13H8BrF2I/c1-7-2-3-8(14)6-10(7)9-4-5-11(17)13(16)12(9)15/h2-6H,1H3. The van der Waals surface area contributed by atoms with E-state index in [4.69, 9.17) is 0 Å². The van der Waals surface area contributed by atoms with Crippen LogP contribution in [0.2, 0.25) is 0 Å². The number of benzene rings is 2. The molecular formula is C13H8BrF2I. The maximum atomic E-state index is 13.9.